The zero-order valence-electron chi connectivity index (χ0n) is 7.91. The Morgan fingerprint density at radius 1 is 1.25 bits per heavy atom. The molecule has 16 heavy (non-hydrogen) atoms. The molecule has 0 radical (unpaired) electrons. The number of ether oxygens (including phenoxy) is 1. The third-order valence-corrected chi connectivity index (χ3v) is 2.14. The molecule has 0 aliphatic carbocycles. The van der Waals surface area contributed by atoms with Crippen molar-refractivity contribution >= 4 is 5.78 Å². The minimum absolute atomic E-state index is 0.0329. The van der Waals surface area contributed by atoms with Crippen LogP contribution in [0, 0.1) is 11.6 Å². The van der Waals surface area contributed by atoms with Crippen LogP contribution in [0.1, 0.15) is 11.7 Å². The van der Waals surface area contributed by atoms with Gasteiger partial charge in [-0.15, -0.1) is 0 Å². The van der Waals surface area contributed by atoms with Crippen LogP contribution in [0.25, 0.3) is 0 Å². The normalized spacial score (nSPS) is 20.1. The van der Waals surface area contributed by atoms with Gasteiger partial charge in [0.05, 0.1) is 0 Å². The third kappa shape index (κ3) is 1.58. The van der Waals surface area contributed by atoms with E-state index in [-0.39, 0.29) is 5.56 Å². The van der Waals surface area contributed by atoms with E-state index in [0.717, 1.165) is 12.1 Å². The number of Topliss-reactive ketones (excluding diaryl/α,β-unsaturated/α-hetero) is 1. The van der Waals surface area contributed by atoms with Gasteiger partial charge in [0, 0.05) is 11.6 Å². The summed E-state index contributed by atoms with van der Waals surface area (Å²) < 4.78 is 30.6. The zero-order valence-corrected chi connectivity index (χ0v) is 7.91. The molecule has 6 heteroatoms. The van der Waals surface area contributed by atoms with Gasteiger partial charge in [0.15, 0.2) is 6.10 Å². The van der Waals surface area contributed by atoms with Gasteiger partial charge in [-0.2, -0.15) is 0 Å². The van der Waals surface area contributed by atoms with Gasteiger partial charge in [-0.1, -0.05) is 0 Å². The van der Waals surface area contributed by atoms with Crippen molar-refractivity contribution in [3.63, 3.8) is 0 Å². The van der Waals surface area contributed by atoms with Crippen LogP contribution in [0.4, 0.5) is 8.78 Å². The van der Waals surface area contributed by atoms with Gasteiger partial charge in [0.1, 0.15) is 11.6 Å². The lowest BCUT2D eigenvalue weighted by Crippen LogP contribution is -2.10. The molecule has 1 aliphatic rings. The maximum Gasteiger partial charge on any atom is 0.247 e. The van der Waals surface area contributed by atoms with Crippen LogP contribution >= 0.6 is 0 Å². The Morgan fingerprint density at radius 3 is 2.25 bits per heavy atom. The van der Waals surface area contributed by atoms with Gasteiger partial charge >= 0.3 is 0 Å². The first-order valence-corrected chi connectivity index (χ1v) is 4.34. The highest BCUT2D eigenvalue weighted by Crippen LogP contribution is 2.30. The van der Waals surface area contributed by atoms with Crippen LogP contribution in [0.3, 0.4) is 0 Å². The molecule has 84 valence electrons. The van der Waals surface area contributed by atoms with Crippen LogP contribution in [0.15, 0.2) is 29.8 Å². The highest BCUT2D eigenvalue weighted by molar-refractivity contribution is 5.99. The Bertz CT molecular complexity index is 479. The summed E-state index contributed by atoms with van der Waals surface area (Å²) in [4.78, 5) is 11.4. The number of nitrogens with two attached hydrogens (primary N) is 1. The topological polar surface area (TPSA) is 72.5 Å². The van der Waals surface area contributed by atoms with Crippen LogP contribution in [0.5, 0.6) is 0 Å². The first-order chi connectivity index (χ1) is 7.49. The smallest absolute Gasteiger partial charge is 0.247 e. The first kappa shape index (κ1) is 10.4. The molecule has 0 saturated heterocycles. The van der Waals surface area contributed by atoms with Crippen molar-refractivity contribution in [3.8, 4) is 0 Å². The van der Waals surface area contributed by atoms with E-state index < -0.39 is 35.2 Å². The Labute approximate surface area is 88.9 Å². The van der Waals surface area contributed by atoms with Crippen LogP contribution in [-0.4, -0.2) is 10.9 Å². The minimum Gasteiger partial charge on any atom is -0.501 e. The lowest BCUT2D eigenvalue weighted by atomic mass is 10.1. The SMILES string of the molecule is NC1=C(O)C(=O)[C@@H](c2cc(F)cc(F)c2)O1. The minimum atomic E-state index is -1.29. The summed E-state index contributed by atoms with van der Waals surface area (Å²) in [5, 5.41) is 9.13. The standard InChI is InChI=1S/C10H7F2NO3/c11-5-1-4(2-6(12)3-5)9-7(14)8(15)10(13)16-9/h1-3,9,15H,13H2/t9-/m1/s1. The number of carbonyl (C=O) groups is 1. The zero-order chi connectivity index (χ0) is 11.9. The van der Waals surface area contributed by atoms with Gasteiger partial charge in [-0.05, 0) is 12.1 Å². The van der Waals surface area contributed by atoms with Crippen molar-refractivity contribution in [2.24, 2.45) is 5.73 Å². The van der Waals surface area contributed by atoms with E-state index in [4.69, 9.17) is 15.6 Å². The quantitative estimate of drug-likeness (QED) is 0.758. The monoisotopic (exact) mass is 227 g/mol. The van der Waals surface area contributed by atoms with E-state index in [1.807, 2.05) is 0 Å². The Kier molecular flexibility index (Phi) is 2.26. The van der Waals surface area contributed by atoms with E-state index in [1.165, 1.54) is 0 Å². The molecule has 0 bridgehead atoms. The van der Waals surface area contributed by atoms with Gasteiger partial charge in [0.25, 0.3) is 0 Å². The van der Waals surface area contributed by atoms with Gasteiger partial charge in [-0.25, -0.2) is 8.78 Å². The van der Waals surface area contributed by atoms with Crippen molar-refractivity contribution < 1.29 is 23.4 Å². The summed E-state index contributed by atoms with van der Waals surface area (Å²) in [6, 6.07) is 2.55. The fourth-order valence-electron chi connectivity index (χ4n) is 1.43. The Balaban J connectivity index is 2.38. The van der Waals surface area contributed by atoms with Gasteiger partial charge in [-0.3, -0.25) is 4.79 Å². The Hall–Kier alpha value is -2.11. The van der Waals surface area contributed by atoms with E-state index in [0.29, 0.717) is 6.07 Å². The van der Waals surface area contributed by atoms with Gasteiger partial charge in [0.2, 0.25) is 17.4 Å². The van der Waals surface area contributed by atoms with Crippen molar-refractivity contribution in [1.82, 2.24) is 0 Å². The molecule has 2 rings (SSSR count). The maximum absolute atomic E-state index is 12.9. The molecule has 0 spiro atoms. The number of aliphatic hydroxyl groups excluding tert-OH is 1. The fourth-order valence-corrected chi connectivity index (χ4v) is 1.43. The van der Waals surface area contributed by atoms with Crippen molar-refractivity contribution in [1.29, 1.82) is 0 Å². The summed E-state index contributed by atoms with van der Waals surface area (Å²) in [6.45, 7) is 0. The molecular formula is C10H7F2NO3. The molecule has 3 N–H and O–H groups in total. The number of ketones is 1. The summed E-state index contributed by atoms with van der Waals surface area (Å²) in [6.07, 6.45) is -1.29. The lowest BCUT2D eigenvalue weighted by molar-refractivity contribution is -0.123. The van der Waals surface area contributed by atoms with Crippen molar-refractivity contribution in [2.75, 3.05) is 0 Å². The molecule has 1 heterocycles. The molecule has 0 amide bonds. The summed E-state index contributed by atoms with van der Waals surface area (Å²) in [5.41, 5.74) is 5.14. The number of hydrogen-bond acceptors (Lipinski definition) is 4. The second kappa shape index (κ2) is 3.48. The number of carbonyl (C=O) groups excluding carboxylic acids is 1. The van der Waals surface area contributed by atoms with E-state index in [2.05, 4.69) is 0 Å². The molecule has 0 aromatic heterocycles. The average Bonchev–Trinajstić information content (AvgIpc) is 2.44. The first-order valence-electron chi connectivity index (χ1n) is 4.34. The number of aliphatic hydroxyl groups is 1. The predicted molar refractivity (Wildman–Crippen MR) is 49.0 cm³/mol. The molecule has 4 nitrogen and oxygen atoms in total. The second-order valence-electron chi connectivity index (χ2n) is 3.28. The van der Waals surface area contributed by atoms with Crippen LogP contribution in [-0.2, 0) is 9.53 Å². The molecule has 1 aromatic rings. The number of halogens is 2. The molecule has 0 saturated carbocycles. The molecule has 1 aromatic carbocycles. The van der Waals surface area contributed by atoms with Crippen LogP contribution < -0.4 is 5.73 Å². The van der Waals surface area contributed by atoms with E-state index in [9.17, 15) is 13.6 Å². The predicted octanol–water partition coefficient (Wildman–Crippen LogP) is 1.29. The van der Waals surface area contributed by atoms with E-state index in [1.54, 1.807) is 0 Å². The second-order valence-corrected chi connectivity index (χ2v) is 3.28. The highest BCUT2D eigenvalue weighted by atomic mass is 19.1. The van der Waals surface area contributed by atoms with Crippen molar-refractivity contribution in [2.45, 2.75) is 6.10 Å². The molecule has 1 atom stereocenters. The maximum atomic E-state index is 12.9. The largest absolute Gasteiger partial charge is 0.501 e. The summed E-state index contributed by atoms with van der Waals surface area (Å²) in [7, 11) is 0. The van der Waals surface area contributed by atoms with Gasteiger partial charge < -0.3 is 15.6 Å². The molecule has 0 unspecified atom stereocenters. The highest BCUT2D eigenvalue weighted by Gasteiger charge is 2.35. The number of hydrogen-bond donors (Lipinski definition) is 2. The van der Waals surface area contributed by atoms with Crippen molar-refractivity contribution in [3.05, 3.63) is 47.0 Å². The fraction of sp³-hybridized carbons (Fsp3) is 0.100. The summed E-state index contributed by atoms with van der Waals surface area (Å²) >= 11 is 0. The van der Waals surface area contributed by atoms with E-state index >= 15 is 0 Å². The average molecular weight is 227 g/mol. The molecule has 0 fully saturated rings. The number of benzene rings is 1. The summed E-state index contributed by atoms with van der Waals surface area (Å²) in [5.74, 6) is -3.66. The van der Waals surface area contributed by atoms with Crippen LogP contribution in [0.2, 0.25) is 0 Å². The Morgan fingerprint density at radius 2 is 1.81 bits per heavy atom. The molecule has 1 aliphatic heterocycles. The lowest BCUT2D eigenvalue weighted by Gasteiger charge is -2.09. The number of rotatable bonds is 1. The third-order valence-electron chi connectivity index (χ3n) is 2.14. The molecular weight excluding hydrogens is 220 g/mol.